The number of aliphatic hydroxyl groups excluding tert-OH is 1. The third-order valence-electron chi connectivity index (χ3n) is 6.47. The molecule has 1 atom stereocenters. The first-order chi connectivity index (χ1) is 16.4. The van der Waals surface area contributed by atoms with E-state index in [9.17, 15) is 5.11 Å². The van der Waals surface area contributed by atoms with Crippen LogP contribution in [-0.2, 0) is 6.42 Å². The van der Waals surface area contributed by atoms with E-state index in [1.807, 2.05) is 38.1 Å². The van der Waals surface area contributed by atoms with Gasteiger partial charge in [0.2, 0.25) is 0 Å². The van der Waals surface area contributed by atoms with Crippen molar-refractivity contribution in [3.63, 3.8) is 0 Å². The molecule has 4 rings (SSSR count). The summed E-state index contributed by atoms with van der Waals surface area (Å²) in [7, 11) is 0. The summed E-state index contributed by atoms with van der Waals surface area (Å²) in [6.07, 6.45) is 0.309. The minimum atomic E-state index is -0.521. The molecule has 1 aliphatic rings. The zero-order valence-electron chi connectivity index (χ0n) is 20.8. The second kappa shape index (κ2) is 11.0. The molecule has 0 bridgehead atoms. The van der Waals surface area contributed by atoms with Crippen molar-refractivity contribution < 1.29 is 9.84 Å². The molecule has 6 nitrogen and oxygen atoms in total. The monoisotopic (exact) mass is 460 g/mol. The molecule has 0 spiro atoms. The molecule has 0 saturated carbocycles. The molecule has 1 saturated heterocycles. The zero-order chi connectivity index (χ0) is 24.1. The molecule has 1 aromatic heterocycles. The maximum absolute atomic E-state index is 10.5. The lowest BCUT2D eigenvalue weighted by Crippen LogP contribution is -2.49. The van der Waals surface area contributed by atoms with Gasteiger partial charge in [0, 0.05) is 50.4 Å². The van der Waals surface area contributed by atoms with Gasteiger partial charge in [-0.25, -0.2) is 9.97 Å². The predicted octanol–water partition coefficient (Wildman–Crippen LogP) is 3.86. The van der Waals surface area contributed by atoms with Crippen molar-refractivity contribution in [2.45, 2.75) is 40.2 Å². The summed E-state index contributed by atoms with van der Waals surface area (Å²) in [6, 6.07) is 16.6. The topological polar surface area (TPSA) is 61.7 Å². The van der Waals surface area contributed by atoms with E-state index in [1.54, 1.807) is 0 Å². The van der Waals surface area contributed by atoms with Crippen molar-refractivity contribution in [2.75, 3.05) is 44.2 Å². The van der Waals surface area contributed by atoms with E-state index in [4.69, 9.17) is 9.72 Å². The number of aryl methyl sites for hydroxylation is 4. The minimum Gasteiger partial charge on any atom is -0.491 e. The van der Waals surface area contributed by atoms with Crippen molar-refractivity contribution in [1.29, 1.82) is 0 Å². The standard InChI is InChI=1S/C28H36N4O2/c1-20-9-11-24(12-10-20)17-26-22(3)29-23(4)30-28(26)32-15-13-31(14-16-32)18-25(33)19-34-27-8-6-5-7-21(27)2/h5-12,25,33H,13-19H2,1-4H3. The second-order valence-electron chi connectivity index (χ2n) is 9.34. The van der Waals surface area contributed by atoms with Gasteiger partial charge in [0.15, 0.2) is 0 Å². The normalized spacial score (nSPS) is 15.4. The van der Waals surface area contributed by atoms with Gasteiger partial charge in [-0.2, -0.15) is 0 Å². The molecule has 180 valence electrons. The smallest absolute Gasteiger partial charge is 0.136 e. The van der Waals surface area contributed by atoms with Gasteiger partial charge in [-0.1, -0.05) is 48.0 Å². The molecule has 0 aliphatic carbocycles. The predicted molar refractivity (Wildman–Crippen MR) is 137 cm³/mol. The summed E-state index contributed by atoms with van der Waals surface area (Å²) in [5.74, 6) is 2.70. The van der Waals surface area contributed by atoms with Crippen molar-refractivity contribution in [3.8, 4) is 5.75 Å². The SMILES string of the molecule is Cc1ccc(Cc2c(C)nc(C)nc2N2CCN(CC(O)COc3ccccc3C)CC2)cc1. The molecule has 1 fully saturated rings. The lowest BCUT2D eigenvalue weighted by Gasteiger charge is -2.37. The Morgan fingerprint density at radius 3 is 2.32 bits per heavy atom. The number of anilines is 1. The van der Waals surface area contributed by atoms with Crippen LogP contribution in [0.1, 0.15) is 33.8 Å². The number of aliphatic hydroxyl groups is 1. The van der Waals surface area contributed by atoms with Gasteiger partial charge < -0.3 is 14.7 Å². The fourth-order valence-electron chi connectivity index (χ4n) is 4.49. The van der Waals surface area contributed by atoms with Gasteiger partial charge in [0.1, 0.15) is 30.1 Å². The highest BCUT2D eigenvalue weighted by atomic mass is 16.5. The summed E-state index contributed by atoms with van der Waals surface area (Å²) in [5, 5.41) is 10.5. The quantitative estimate of drug-likeness (QED) is 0.551. The molecule has 3 aromatic rings. The maximum atomic E-state index is 10.5. The number of benzene rings is 2. The van der Waals surface area contributed by atoms with E-state index in [1.165, 1.54) is 16.7 Å². The second-order valence-corrected chi connectivity index (χ2v) is 9.34. The Morgan fingerprint density at radius 2 is 1.62 bits per heavy atom. The lowest BCUT2D eigenvalue weighted by atomic mass is 10.0. The highest BCUT2D eigenvalue weighted by Gasteiger charge is 2.24. The number of nitrogens with zero attached hydrogens (tertiary/aromatic N) is 4. The molecular weight excluding hydrogens is 424 g/mol. The highest BCUT2D eigenvalue weighted by molar-refractivity contribution is 5.51. The van der Waals surface area contributed by atoms with Crippen LogP contribution >= 0.6 is 0 Å². The Bertz CT molecular complexity index is 1090. The first-order valence-electron chi connectivity index (χ1n) is 12.1. The van der Waals surface area contributed by atoms with Gasteiger partial charge in [0.05, 0.1) is 0 Å². The Kier molecular flexibility index (Phi) is 7.80. The van der Waals surface area contributed by atoms with Crippen molar-refractivity contribution in [3.05, 3.63) is 82.3 Å². The summed E-state index contributed by atoms with van der Waals surface area (Å²) < 4.78 is 5.83. The molecule has 34 heavy (non-hydrogen) atoms. The van der Waals surface area contributed by atoms with Crippen LogP contribution in [0.3, 0.4) is 0 Å². The van der Waals surface area contributed by atoms with Crippen LogP contribution < -0.4 is 9.64 Å². The van der Waals surface area contributed by atoms with E-state index in [0.717, 1.165) is 61.2 Å². The number of hydrogen-bond donors (Lipinski definition) is 1. The number of piperazine rings is 1. The Morgan fingerprint density at radius 1 is 0.912 bits per heavy atom. The van der Waals surface area contributed by atoms with Crippen molar-refractivity contribution >= 4 is 5.82 Å². The van der Waals surface area contributed by atoms with E-state index < -0.39 is 6.10 Å². The molecule has 1 N–H and O–H groups in total. The molecule has 1 unspecified atom stereocenters. The van der Waals surface area contributed by atoms with Crippen LogP contribution in [-0.4, -0.2) is 65.4 Å². The maximum Gasteiger partial charge on any atom is 0.136 e. The Balaban J connectivity index is 1.36. The van der Waals surface area contributed by atoms with Crippen LogP contribution in [0.25, 0.3) is 0 Å². The zero-order valence-corrected chi connectivity index (χ0v) is 20.8. The van der Waals surface area contributed by atoms with Crippen LogP contribution in [0, 0.1) is 27.7 Å². The third-order valence-corrected chi connectivity index (χ3v) is 6.47. The van der Waals surface area contributed by atoms with E-state index in [0.29, 0.717) is 13.2 Å². The van der Waals surface area contributed by atoms with Crippen LogP contribution in [0.5, 0.6) is 5.75 Å². The highest BCUT2D eigenvalue weighted by Crippen LogP contribution is 2.25. The lowest BCUT2D eigenvalue weighted by molar-refractivity contribution is 0.0660. The summed E-state index contributed by atoms with van der Waals surface area (Å²) in [4.78, 5) is 14.2. The number of rotatable bonds is 8. The van der Waals surface area contributed by atoms with Crippen molar-refractivity contribution in [1.82, 2.24) is 14.9 Å². The van der Waals surface area contributed by atoms with E-state index in [-0.39, 0.29) is 0 Å². The number of para-hydroxylation sites is 1. The van der Waals surface area contributed by atoms with Crippen LogP contribution in [0.2, 0.25) is 0 Å². The molecular formula is C28H36N4O2. The Hall–Kier alpha value is -2.96. The summed E-state index contributed by atoms with van der Waals surface area (Å²) >= 11 is 0. The van der Waals surface area contributed by atoms with Crippen LogP contribution in [0.4, 0.5) is 5.82 Å². The molecule has 1 aliphatic heterocycles. The number of aromatic nitrogens is 2. The average Bonchev–Trinajstić information content (AvgIpc) is 2.82. The van der Waals surface area contributed by atoms with E-state index >= 15 is 0 Å². The largest absolute Gasteiger partial charge is 0.491 e. The first-order valence-corrected chi connectivity index (χ1v) is 12.1. The first kappa shape index (κ1) is 24.2. The summed E-state index contributed by atoms with van der Waals surface area (Å²) in [5.41, 5.74) is 5.88. The molecule has 2 heterocycles. The number of hydrogen-bond acceptors (Lipinski definition) is 6. The van der Waals surface area contributed by atoms with Gasteiger partial charge >= 0.3 is 0 Å². The van der Waals surface area contributed by atoms with Crippen LogP contribution in [0.15, 0.2) is 48.5 Å². The van der Waals surface area contributed by atoms with Gasteiger partial charge in [-0.3, -0.25) is 4.90 Å². The van der Waals surface area contributed by atoms with Crippen molar-refractivity contribution in [2.24, 2.45) is 0 Å². The Labute approximate surface area is 203 Å². The minimum absolute atomic E-state index is 0.302. The van der Waals surface area contributed by atoms with Gasteiger partial charge in [-0.05, 0) is 44.9 Å². The molecule has 6 heteroatoms. The molecule has 2 aromatic carbocycles. The average molecular weight is 461 g/mol. The van der Waals surface area contributed by atoms with E-state index in [2.05, 4.69) is 52.9 Å². The molecule has 0 amide bonds. The fourth-order valence-corrected chi connectivity index (χ4v) is 4.49. The van der Waals surface area contributed by atoms with Gasteiger partial charge in [-0.15, -0.1) is 0 Å². The third kappa shape index (κ3) is 6.13. The number of β-amino-alcohol motifs (C(OH)–C–C–N with tert-alkyl or cyclic N) is 1. The fraction of sp³-hybridized carbons (Fsp3) is 0.429. The summed E-state index contributed by atoms with van der Waals surface area (Å²) in [6.45, 7) is 12.6. The van der Waals surface area contributed by atoms with Gasteiger partial charge in [0.25, 0.3) is 0 Å². The molecule has 0 radical (unpaired) electrons. The number of ether oxygens (including phenoxy) is 1.